The molecule has 4 N–H and O–H groups in total. The molecule has 312 valence electrons. The Labute approximate surface area is 350 Å². The van der Waals surface area contributed by atoms with Crippen molar-refractivity contribution in [2.24, 2.45) is 0 Å². The number of benzene rings is 6. The molecule has 0 amide bonds. The average Bonchev–Trinajstić information content (AvgIpc) is 3.23. The number of aryl methyl sites for hydroxylation is 6. The summed E-state index contributed by atoms with van der Waals surface area (Å²) in [4.78, 5) is 22.1. The molecule has 0 aliphatic carbocycles. The molecule has 0 unspecified atom stereocenters. The van der Waals surface area contributed by atoms with Gasteiger partial charge in [0.05, 0.1) is 30.2 Å². The highest BCUT2D eigenvalue weighted by Crippen LogP contribution is 2.30. The van der Waals surface area contributed by atoms with Gasteiger partial charge in [0.25, 0.3) is 20.0 Å². The van der Waals surface area contributed by atoms with E-state index in [0.717, 1.165) is 53.5 Å². The first kappa shape index (κ1) is 44.5. The van der Waals surface area contributed by atoms with E-state index in [2.05, 4.69) is 9.44 Å². The Balaban J connectivity index is 0.000000228. The number of nitrogens with one attached hydrogen (secondary N) is 2. The lowest BCUT2D eigenvalue weighted by Crippen LogP contribution is -2.14. The first-order chi connectivity index (χ1) is 28.6. The summed E-state index contributed by atoms with van der Waals surface area (Å²) in [5.41, 5.74) is 7.38. The van der Waals surface area contributed by atoms with Crippen molar-refractivity contribution in [3.8, 4) is 11.5 Å². The summed E-state index contributed by atoms with van der Waals surface area (Å²) in [5, 5.41) is 17.9. The summed E-state index contributed by atoms with van der Waals surface area (Å²) in [5.74, 6) is -1.25. The minimum atomic E-state index is -3.87. The van der Waals surface area contributed by atoms with Gasteiger partial charge in [0, 0.05) is 17.4 Å². The molecule has 12 nitrogen and oxygen atoms in total. The molecule has 6 aromatic carbocycles. The lowest BCUT2D eigenvalue weighted by molar-refractivity contribution is 0.0686. The summed E-state index contributed by atoms with van der Waals surface area (Å²) in [6, 6.07) is 37.8. The molecule has 0 radical (unpaired) electrons. The lowest BCUT2D eigenvalue weighted by Gasteiger charge is -2.13. The summed E-state index contributed by atoms with van der Waals surface area (Å²) < 4.78 is 66.5. The first-order valence-corrected chi connectivity index (χ1v) is 21.7. The molecule has 6 rings (SSSR count). The number of anilines is 2. The molecule has 14 heteroatoms. The van der Waals surface area contributed by atoms with Crippen molar-refractivity contribution in [1.82, 2.24) is 0 Å². The van der Waals surface area contributed by atoms with Gasteiger partial charge in [-0.1, -0.05) is 66.2 Å². The quantitative estimate of drug-likeness (QED) is 0.0735. The van der Waals surface area contributed by atoms with Gasteiger partial charge in [-0.15, -0.1) is 0 Å². The third-order valence-corrected chi connectivity index (χ3v) is 12.4. The highest BCUT2D eigenvalue weighted by atomic mass is 32.2. The van der Waals surface area contributed by atoms with Gasteiger partial charge in [-0.3, -0.25) is 9.44 Å². The van der Waals surface area contributed by atoms with E-state index in [9.17, 15) is 26.4 Å². The van der Waals surface area contributed by atoms with E-state index in [1.54, 1.807) is 91.9 Å². The number of aromatic carboxylic acids is 2. The Kier molecular flexibility index (Phi) is 14.7. The van der Waals surface area contributed by atoms with Crippen molar-refractivity contribution < 1.29 is 46.1 Å². The number of rotatable bonds is 16. The van der Waals surface area contributed by atoms with E-state index in [0.29, 0.717) is 22.7 Å². The number of hydrogen-bond acceptors (Lipinski definition) is 8. The van der Waals surface area contributed by atoms with E-state index in [-0.39, 0.29) is 26.7 Å². The molecule has 0 saturated carbocycles. The van der Waals surface area contributed by atoms with Gasteiger partial charge in [0.1, 0.15) is 16.4 Å². The standard InChI is InChI=1S/C23H23NO6S.C23H23NO4S/c1-29-20-13-14-21(30-2)22(15-20)31(27,28)24-19-11-7-17(8-12-19)4-3-16-5-9-18(10-6-16)23(25)26;1-16-3-14-22(17(2)15-16)29(27,28)24-21-12-8-19(9-13-21)5-4-18-6-10-20(11-7-18)23(25)26/h5-15,24H,3-4H2,1-2H3,(H,25,26);3,6-15,24H,4-5H2,1-2H3,(H,25,26). The second-order valence-electron chi connectivity index (χ2n) is 13.9. The topological polar surface area (TPSA) is 185 Å². The van der Waals surface area contributed by atoms with Crippen LogP contribution in [0.15, 0.2) is 143 Å². The van der Waals surface area contributed by atoms with Crippen molar-refractivity contribution >= 4 is 43.4 Å². The van der Waals surface area contributed by atoms with E-state index in [4.69, 9.17) is 19.7 Å². The second kappa shape index (κ2) is 19.9. The zero-order chi connectivity index (χ0) is 43.5. The molecule has 0 atom stereocenters. The van der Waals surface area contributed by atoms with Crippen LogP contribution >= 0.6 is 0 Å². The van der Waals surface area contributed by atoms with Crippen molar-refractivity contribution in [2.45, 2.75) is 49.3 Å². The fourth-order valence-corrected chi connectivity index (χ4v) is 8.73. The van der Waals surface area contributed by atoms with Crippen LogP contribution in [0.3, 0.4) is 0 Å². The number of ether oxygens (including phenoxy) is 2. The molecule has 0 aliphatic rings. The Morgan fingerprint density at radius 1 is 0.500 bits per heavy atom. The van der Waals surface area contributed by atoms with Gasteiger partial charge in [-0.2, -0.15) is 0 Å². The van der Waals surface area contributed by atoms with Crippen molar-refractivity contribution in [2.75, 3.05) is 23.7 Å². The smallest absolute Gasteiger partial charge is 0.335 e. The first-order valence-electron chi connectivity index (χ1n) is 18.7. The monoisotopic (exact) mass is 850 g/mol. The Morgan fingerprint density at radius 2 is 0.900 bits per heavy atom. The van der Waals surface area contributed by atoms with Crippen molar-refractivity contribution in [3.05, 3.63) is 178 Å². The zero-order valence-electron chi connectivity index (χ0n) is 33.5. The Bertz CT molecular complexity index is 2650. The highest BCUT2D eigenvalue weighted by Gasteiger charge is 2.21. The predicted octanol–water partition coefficient (Wildman–Crippen LogP) is 8.58. The number of hydrogen-bond donors (Lipinski definition) is 4. The number of carboxylic acids is 2. The van der Waals surface area contributed by atoms with Crippen molar-refractivity contribution in [3.63, 3.8) is 0 Å². The van der Waals surface area contributed by atoms with Gasteiger partial charge in [-0.05, 0) is 134 Å². The molecular weight excluding hydrogens is 805 g/mol. The van der Waals surface area contributed by atoms with Crippen LogP contribution in [0.4, 0.5) is 11.4 Å². The molecule has 0 aliphatic heterocycles. The van der Waals surface area contributed by atoms with Crippen molar-refractivity contribution in [1.29, 1.82) is 0 Å². The lowest BCUT2D eigenvalue weighted by atomic mass is 10.0. The van der Waals surface area contributed by atoms with Crippen LogP contribution in [-0.4, -0.2) is 53.2 Å². The van der Waals surface area contributed by atoms with Crippen LogP contribution in [0.25, 0.3) is 0 Å². The van der Waals surface area contributed by atoms with E-state index >= 15 is 0 Å². The minimum absolute atomic E-state index is 0.0109. The van der Waals surface area contributed by atoms with Crippen LogP contribution in [-0.2, 0) is 45.7 Å². The van der Waals surface area contributed by atoms with Crippen LogP contribution in [0, 0.1) is 13.8 Å². The number of methoxy groups -OCH3 is 2. The number of carboxylic acid groups (broad SMARTS) is 2. The van der Waals surface area contributed by atoms with Gasteiger partial charge in [0.2, 0.25) is 0 Å². The van der Waals surface area contributed by atoms with Gasteiger partial charge in [-0.25, -0.2) is 26.4 Å². The Morgan fingerprint density at radius 3 is 1.27 bits per heavy atom. The van der Waals surface area contributed by atoms with Gasteiger partial charge < -0.3 is 19.7 Å². The van der Waals surface area contributed by atoms with Crippen LogP contribution in [0.1, 0.15) is 54.1 Å². The maximum atomic E-state index is 12.8. The summed E-state index contributed by atoms with van der Waals surface area (Å²) in [6.07, 6.45) is 3.03. The fourth-order valence-electron chi connectivity index (χ4n) is 6.20. The largest absolute Gasteiger partial charge is 0.497 e. The number of sulfonamides is 2. The average molecular weight is 851 g/mol. The molecule has 0 aromatic heterocycles. The third-order valence-electron chi connectivity index (χ3n) is 9.50. The van der Waals surface area contributed by atoms with E-state index in [1.807, 2.05) is 49.4 Å². The van der Waals surface area contributed by atoms with Gasteiger partial charge in [0.15, 0.2) is 0 Å². The summed E-state index contributed by atoms with van der Waals surface area (Å²) in [7, 11) is -4.64. The van der Waals surface area contributed by atoms with Crippen LogP contribution < -0.4 is 18.9 Å². The second-order valence-corrected chi connectivity index (χ2v) is 17.2. The maximum Gasteiger partial charge on any atom is 0.335 e. The minimum Gasteiger partial charge on any atom is -0.497 e. The third kappa shape index (κ3) is 12.2. The zero-order valence-corrected chi connectivity index (χ0v) is 35.1. The molecule has 0 spiro atoms. The molecule has 60 heavy (non-hydrogen) atoms. The molecule has 0 bridgehead atoms. The van der Waals surface area contributed by atoms with Gasteiger partial charge >= 0.3 is 11.9 Å². The molecule has 6 aromatic rings. The summed E-state index contributed by atoms with van der Waals surface area (Å²) in [6.45, 7) is 3.71. The van der Waals surface area contributed by atoms with E-state index < -0.39 is 32.0 Å². The molecule has 0 heterocycles. The highest BCUT2D eigenvalue weighted by molar-refractivity contribution is 7.93. The summed E-state index contributed by atoms with van der Waals surface area (Å²) >= 11 is 0. The normalized spacial score (nSPS) is 11.1. The Hall–Kier alpha value is -6.64. The molecule has 0 saturated heterocycles. The predicted molar refractivity (Wildman–Crippen MR) is 232 cm³/mol. The van der Waals surface area contributed by atoms with Crippen LogP contribution in [0.5, 0.6) is 11.5 Å². The van der Waals surface area contributed by atoms with E-state index in [1.165, 1.54) is 20.3 Å². The number of carbonyl (C=O) groups is 2. The fraction of sp³-hybridized carbons (Fsp3) is 0.174. The molecule has 0 fully saturated rings. The molecular formula is C46H46N2O10S2. The van der Waals surface area contributed by atoms with Crippen LogP contribution in [0.2, 0.25) is 0 Å². The SMILES string of the molecule is COc1ccc(OC)c(S(=O)(=O)Nc2ccc(CCc3ccc(C(=O)O)cc3)cc2)c1.Cc1ccc(S(=O)(=O)Nc2ccc(CCc3ccc(C(=O)O)cc3)cc2)c(C)c1. The maximum absolute atomic E-state index is 12.8.